The Labute approximate surface area is 114 Å². The number of carbonyl (C=O) groups excluding carboxylic acids is 1. The zero-order valence-corrected chi connectivity index (χ0v) is 11.8. The van der Waals surface area contributed by atoms with Crippen LogP contribution >= 0.6 is 15.9 Å². The number of anilines is 1. The number of rotatable bonds is 2. The maximum Gasteiger partial charge on any atom is 0.245 e. The summed E-state index contributed by atoms with van der Waals surface area (Å²) in [6.07, 6.45) is 2.72. The van der Waals surface area contributed by atoms with Crippen LogP contribution in [0, 0.1) is 6.92 Å². The molecule has 18 heavy (non-hydrogen) atoms. The molecule has 98 valence electrons. The Bertz CT molecular complexity index is 459. The van der Waals surface area contributed by atoms with Gasteiger partial charge in [-0.25, -0.2) is 4.98 Å². The van der Waals surface area contributed by atoms with E-state index in [2.05, 4.69) is 26.2 Å². The Morgan fingerprint density at radius 2 is 2.22 bits per heavy atom. The highest BCUT2D eigenvalue weighted by Crippen LogP contribution is 2.22. The second-order valence-electron chi connectivity index (χ2n) is 4.54. The van der Waals surface area contributed by atoms with Gasteiger partial charge in [0.2, 0.25) is 5.91 Å². The van der Waals surface area contributed by atoms with Crippen molar-refractivity contribution in [2.45, 2.75) is 25.3 Å². The molecule has 0 aliphatic carbocycles. The van der Waals surface area contributed by atoms with Crippen LogP contribution in [-0.4, -0.2) is 29.6 Å². The van der Waals surface area contributed by atoms with E-state index in [1.54, 1.807) is 6.20 Å². The number of hydrogen-bond donors (Lipinski definition) is 2. The summed E-state index contributed by atoms with van der Waals surface area (Å²) < 4.78 is 6.10. The third-order valence-corrected chi connectivity index (χ3v) is 3.55. The van der Waals surface area contributed by atoms with Crippen LogP contribution in [0.2, 0.25) is 0 Å². The van der Waals surface area contributed by atoms with E-state index in [4.69, 9.17) is 10.5 Å². The van der Waals surface area contributed by atoms with Crippen molar-refractivity contribution in [3.8, 4) is 0 Å². The molecule has 1 aliphatic rings. The van der Waals surface area contributed by atoms with Gasteiger partial charge >= 0.3 is 0 Å². The van der Waals surface area contributed by atoms with E-state index in [1.807, 2.05) is 13.0 Å². The molecule has 0 spiro atoms. The maximum absolute atomic E-state index is 12.2. The van der Waals surface area contributed by atoms with Crippen LogP contribution in [0.3, 0.4) is 0 Å². The number of nitrogens with two attached hydrogens (primary N) is 1. The predicted octanol–water partition coefficient (Wildman–Crippen LogP) is 1.60. The van der Waals surface area contributed by atoms with Crippen LogP contribution < -0.4 is 11.1 Å². The molecule has 1 aromatic rings. The molecule has 0 radical (unpaired) electrons. The summed E-state index contributed by atoms with van der Waals surface area (Å²) in [6.45, 7) is 2.94. The highest BCUT2D eigenvalue weighted by Gasteiger charge is 2.36. The lowest BCUT2D eigenvalue weighted by Crippen LogP contribution is -2.54. The number of carbonyl (C=O) groups is 1. The van der Waals surface area contributed by atoms with Crippen LogP contribution in [0.1, 0.15) is 18.4 Å². The van der Waals surface area contributed by atoms with Crippen LogP contribution in [-0.2, 0) is 9.53 Å². The number of aromatic nitrogens is 1. The lowest BCUT2D eigenvalue weighted by atomic mass is 9.90. The van der Waals surface area contributed by atoms with Crippen molar-refractivity contribution in [1.82, 2.24) is 4.98 Å². The first-order valence-electron chi connectivity index (χ1n) is 5.81. The Balaban J connectivity index is 2.11. The van der Waals surface area contributed by atoms with E-state index in [-0.39, 0.29) is 5.91 Å². The number of amides is 1. The largest absolute Gasteiger partial charge is 0.381 e. The first-order valence-corrected chi connectivity index (χ1v) is 6.61. The summed E-state index contributed by atoms with van der Waals surface area (Å²) in [4.78, 5) is 16.4. The molecule has 1 fully saturated rings. The molecule has 3 N–H and O–H groups in total. The van der Waals surface area contributed by atoms with Gasteiger partial charge in [-0.3, -0.25) is 4.79 Å². The average Bonchev–Trinajstić information content (AvgIpc) is 2.33. The van der Waals surface area contributed by atoms with Crippen molar-refractivity contribution >= 4 is 27.7 Å². The van der Waals surface area contributed by atoms with Gasteiger partial charge in [0.05, 0.1) is 0 Å². The molecule has 0 bridgehead atoms. The second-order valence-corrected chi connectivity index (χ2v) is 5.46. The van der Waals surface area contributed by atoms with Gasteiger partial charge in [-0.05, 0) is 47.3 Å². The van der Waals surface area contributed by atoms with Crippen molar-refractivity contribution in [1.29, 1.82) is 0 Å². The molecule has 0 atom stereocenters. The molecule has 2 heterocycles. The lowest BCUT2D eigenvalue weighted by molar-refractivity contribution is -0.124. The molecule has 5 nitrogen and oxygen atoms in total. The van der Waals surface area contributed by atoms with E-state index in [1.165, 1.54) is 0 Å². The molecule has 1 amide bonds. The fourth-order valence-electron chi connectivity index (χ4n) is 1.87. The zero-order chi connectivity index (χ0) is 13.2. The van der Waals surface area contributed by atoms with Crippen LogP contribution in [0.5, 0.6) is 0 Å². The van der Waals surface area contributed by atoms with Crippen molar-refractivity contribution in [3.05, 3.63) is 22.3 Å². The molecular formula is C12H16BrN3O2. The predicted molar refractivity (Wildman–Crippen MR) is 72.3 cm³/mol. The quantitative estimate of drug-likeness (QED) is 0.869. The third kappa shape index (κ3) is 2.88. The van der Waals surface area contributed by atoms with Crippen molar-refractivity contribution < 1.29 is 9.53 Å². The standard InChI is InChI=1S/C12H16BrN3O2/c1-8-6-9(13)7-15-10(8)16-11(17)12(14)2-4-18-5-3-12/h6-7H,2-5,14H2,1H3,(H,15,16,17). The Hall–Kier alpha value is -0.980. The lowest BCUT2D eigenvalue weighted by Gasteiger charge is -2.31. The van der Waals surface area contributed by atoms with Crippen molar-refractivity contribution in [2.24, 2.45) is 5.73 Å². The molecule has 6 heteroatoms. The summed E-state index contributed by atoms with van der Waals surface area (Å²) in [5, 5.41) is 2.80. The fraction of sp³-hybridized carbons (Fsp3) is 0.500. The van der Waals surface area contributed by atoms with Crippen molar-refractivity contribution in [2.75, 3.05) is 18.5 Å². The highest BCUT2D eigenvalue weighted by atomic mass is 79.9. The molecule has 2 rings (SSSR count). The molecular weight excluding hydrogens is 298 g/mol. The van der Waals surface area contributed by atoms with Gasteiger partial charge < -0.3 is 15.8 Å². The molecule has 1 saturated heterocycles. The number of nitrogens with zero attached hydrogens (tertiary/aromatic N) is 1. The molecule has 0 aromatic carbocycles. The second kappa shape index (κ2) is 5.34. The number of pyridine rings is 1. The SMILES string of the molecule is Cc1cc(Br)cnc1NC(=O)C1(N)CCOCC1. The third-order valence-electron chi connectivity index (χ3n) is 3.11. The highest BCUT2D eigenvalue weighted by molar-refractivity contribution is 9.10. The number of nitrogens with one attached hydrogen (secondary N) is 1. The average molecular weight is 314 g/mol. The van der Waals surface area contributed by atoms with E-state index < -0.39 is 5.54 Å². The smallest absolute Gasteiger partial charge is 0.245 e. The number of ether oxygens (including phenoxy) is 1. The molecule has 1 aliphatic heterocycles. The fourth-order valence-corrected chi connectivity index (χ4v) is 2.31. The number of hydrogen-bond acceptors (Lipinski definition) is 4. The van der Waals surface area contributed by atoms with Gasteiger partial charge in [0.1, 0.15) is 11.4 Å². The first-order chi connectivity index (χ1) is 8.51. The molecule has 1 aromatic heterocycles. The van der Waals surface area contributed by atoms with Crippen LogP contribution in [0.15, 0.2) is 16.7 Å². The van der Waals surface area contributed by atoms with Crippen LogP contribution in [0.25, 0.3) is 0 Å². The summed E-state index contributed by atoms with van der Waals surface area (Å²) in [5.41, 5.74) is 6.15. The van der Waals surface area contributed by atoms with E-state index >= 15 is 0 Å². The monoisotopic (exact) mass is 313 g/mol. The summed E-state index contributed by atoms with van der Waals surface area (Å²) in [7, 11) is 0. The van der Waals surface area contributed by atoms with Gasteiger partial charge in [0.25, 0.3) is 0 Å². The summed E-state index contributed by atoms with van der Waals surface area (Å²) in [5.74, 6) is 0.364. The minimum absolute atomic E-state index is 0.191. The van der Waals surface area contributed by atoms with Gasteiger partial charge in [0.15, 0.2) is 0 Å². The number of aryl methyl sites for hydroxylation is 1. The van der Waals surface area contributed by atoms with Crippen molar-refractivity contribution in [3.63, 3.8) is 0 Å². The Kier molecular flexibility index (Phi) is 3.99. The number of halogens is 1. The van der Waals surface area contributed by atoms with Gasteiger partial charge in [-0.15, -0.1) is 0 Å². The van der Waals surface area contributed by atoms with E-state index in [0.717, 1.165) is 10.0 Å². The Morgan fingerprint density at radius 1 is 1.56 bits per heavy atom. The van der Waals surface area contributed by atoms with E-state index in [9.17, 15) is 4.79 Å². The molecule has 0 saturated carbocycles. The zero-order valence-electron chi connectivity index (χ0n) is 10.2. The first kappa shape index (κ1) is 13.5. The van der Waals surface area contributed by atoms with Gasteiger partial charge in [0, 0.05) is 23.9 Å². The van der Waals surface area contributed by atoms with E-state index in [0.29, 0.717) is 31.9 Å². The minimum atomic E-state index is -0.848. The van der Waals surface area contributed by atoms with Gasteiger partial charge in [-0.2, -0.15) is 0 Å². The minimum Gasteiger partial charge on any atom is -0.381 e. The normalized spacial score (nSPS) is 18.4. The topological polar surface area (TPSA) is 77.2 Å². The summed E-state index contributed by atoms with van der Waals surface area (Å²) >= 11 is 3.33. The molecule has 0 unspecified atom stereocenters. The van der Waals surface area contributed by atoms with Gasteiger partial charge in [-0.1, -0.05) is 0 Å². The Morgan fingerprint density at radius 3 is 2.83 bits per heavy atom. The van der Waals surface area contributed by atoms with Crippen LogP contribution in [0.4, 0.5) is 5.82 Å². The maximum atomic E-state index is 12.2. The summed E-state index contributed by atoms with van der Waals surface area (Å²) in [6, 6.07) is 1.90.